The van der Waals surface area contributed by atoms with Crippen LogP contribution in [0.2, 0.25) is 0 Å². The molecular formula is C20H29N3O4. The van der Waals surface area contributed by atoms with Gasteiger partial charge >= 0.3 is 0 Å². The Kier molecular flexibility index (Phi) is 5.89. The van der Waals surface area contributed by atoms with E-state index in [0.717, 1.165) is 19.4 Å². The van der Waals surface area contributed by atoms with E-state index in [-0.39, 0.29) is 17.9 Å². The fourth-order valence-corrected chi connectivity index (χ4v) is 3.24. The van der Waals surface area contributed by atoms with Crippen LogP contribution in [0.4, 0.5) is 5.69 Å². The average molecular weight is 375 g/mol. The van der Waals surface area contributed by atoms with Crippen molar-refractivity contribution in [3.05, 3.63) is 18.2 Å². The van der Waals surface area contributed by atoms with Crippen molar-refractivity contribution in [2.24, 2.45) is 5.41 Å². The number of benzene rings is 1. The number of rotatable bonds is 4. The molecule has 3 rings (SSSR count). The van der Waals surface area contributed by atoms with Crippen LogP contribution < -0.4 is 20.1 Å². The maximum atomic E-state index is 12.4. The van der Waals surface area contributed by atoms with Gasteiger partial charge in [-0.2, -0.15) is 0 Å². The molecule has 7 nitrogen and oxygen atoms in total. The first-order valence-electron chi connectivity index (χ1n) is 9.54. The molecule has 0 saturated carbocycles. The molecule has 0 radical (unpaired) electrons. The van der Waals surface area contributed by atoms with Crippen LogP contribution in [0.1, 0.15) is 33.6 Å². The van der Waals surface area contributed by atoms with Crippen LogP contribution in [0.25, 0.3) is 0 Å². The summed E-state index contributed by atoms with van der Waals surface area (Å²) >= 11 is 0. The highest BCUT2D eigenvalue weighted by atomic mass is 16.6. The zero-order chi connectivity index (χ0) is 19.4. The summed E-state index contributed by atoms with van der Waals surface area (Å²) in [6.07, 6.45) is 1.91. The number of hydrogen-bond acceptors (Lipinski definition) is 5. The second-order valence-electron chi connectivity index (χ2n) is 8.20. The zero-order valence-corrected chi connectivity index (χ0v) is 16.3. The zero-order valence-electron chi connectivity index (χ0n) is 16.3. The van der Waals surface area contributed by atoms with Crippen molar-refractivity contribution in [3.63, 3.8) is 0 Å². The van der Waals surface area contributed by atoms with Crippen LogP contribution in [-0.2, 0) is 9.59 Å². The molecule has 1 unspecified atom stereocenters. The first kappa shape index (κ1) is 19.5. The molecule has 1 atom stereocenters. The number of nitrogens with zero attached hydrogens (tertiary/aromatic N) is 1. The number of ether oxygens (including phenoxy) is 2. The highest BCUT2D eigenvalue weighted by Crippen LogP contribution is 2.32. The van der Waals surface area contributed by atoms with Gasteiger partial charge in [0.2, 0.25) is 11.8 Å². The van der Waals surface area contributed by atoms with E-state index in [9.17, 15) is 9.59 Å². The molecule has 2 heterocycles. The highest BCUT2D eigenvalue weighted by molar-refractivity contribution is 5.92. The fraction of sp³-hybridized carbons (Fsp3) is 0.600. The molecular weight excluding hydrogens is 346 g/mol. The lowest BCUT2D eigenvalue weighted by Gasteiger charge is -2.34. The summed E-state index contributed by atoms with van der Waals surface area (Å²) in [5.41, 5.74) is 0.288. The van der Waals surface area contributed by atoms with Crippen molar-refractivity contribution in [2.45, 2.75) is 39.7 Å². The quantitative estimate of drug-likeness (QED) is 0.842. The number of fused-ring (bicyclic) bond motifs is 1. The van der Waals surface area contributed by atoms with Crippen molar-refractivity contribution < 1.29 is 19.1 Å². The summed E-state index contributed by atoms with van der Waals surface area (Å²) in [6, 6.07) is 5.50. The highest BCUT2D eigenvalue weighted by Gasteiger charge is 2.27. The van der Waals surface area contributed by atoms with E-state index in [1.165, 1.54) is 0 Å². The molecule has 2 aliphatic heterocycles. The van der Waals surface area contributed by atoms with Crippen LogP contribution in [0.3, 0.4) is 0 Å². The molecule has 0 aromatic heterocycles. The van der Waals surface area contributed by atoms with Gasteiger partial charge in [0.15, 0.2) is 11.5 Å². The van der Waals surface area contributed by atoms with Crippen LogP contribution in [0, 0.1) is 5.41 Å². The number of nitrogens with one attached hydrogen (secondary N) is 2. The Bertz CT molecular complexity index is 699. The Morgan fingerprint density at radius 3 is 2.67 bits per heavy atom. The van der Waals surface area contributed by atoms with Crippen molar-refractivity contribution >= 4 is 17.5 Å². The Labute approximate surface area is 160 Å². The Morgan fingerprint density at radius 1 is 1.19 bits per heavy atom. The van der Waals surface area contributed by atoms with E-state index in [1.54, 1.807) is 6.07 Å². The van der Waals surface area contributed by atoms with Crippen LogP contribution in [0.15, 0.2) is 18.2 Å². The second kappa shape index (κ2) is 8.17. The lowest BCUT2D eigenvalue weighted by molar-refractivity contribution is -0.129. The summed E-state index contributed by atoms with van der Waals surface area (Å²) in [6.45, 7) is 8.63. The second-order valence-corrected chi connectivity index (χ2v) is 8.20. The molecule has 1 fully saturated rings. The van der Waals surface area contributed by atoms with Gasteiger partial charge in [0, 0.05) is 29.8 Å². The largest absolute Gasteiger partial charge is 0.486 e. The van der Waals surface area contributed by atoms with E-state index < -0.39 is 5.41 Å². The predicted octanol–water partition coefficient (Wildman–Crippen LogP) is 2.02. The minimum atomic E-state index is -0.405. The number of anilines is 1. The van der Waals surface area contributed by atoms with Gasteiger partial charge in [-0.15, -0.1) is 0 Å². The summed E-state index contributed by atoms with van der Waals surface area (Å²) in [5.74, 6) is 1.33. The number of carbonyl (C=O) groups excluding carboxylic acids is 2. The predicted molar refractivity (Wildman–Crippen MR) is 103 cm³/mol. The molecule has 0 spiro atoms. The van der Waals surface area contributed by atoms with E-state index in [2.05, 4.69) is 15.5 Å². The van der Waals surface area contributed by atoms with Crippen molar-refractivity contribution in [1.29, 1.82) is 0 Å². The van der Waals surface area contributed by atoms with E-state index in [0.29, 0.717) is 43.5 Å². The molecule has 2 aliphatic rings. The number of hydrogen-bond donors (Lipinski definition) is 2. The molecule has 1 aromatic rings. The molecule has 27 heavy (non-hydrogen) atoms. The molecule has 0 bridgehead atoms. The van der Waals surface area contributed by atoms with Crippen molar-refractivity contribution in [2.75, 3.05) is 38.2 Å². The average Bonchev–Trinajstić information content (AvgIpc) is 2.61. The topological polar surface area (TPSA) is 79.9 Å². The maximum absolute atomic E-state index is 12.4. The number of amides is 2. The molecule has 2 N–H and O–H groups in total. The van der Waals surface area contributed by atoms with Crippen molar-refractivity contribution in [1.82, 2.24) is 10.2 Å². The third kappa shape index (κ3) is 5.35. The van der Waals surface area contributed by atoms with Gasteiger partial charge < -0.3 is 20.1 Å². The summed E-state index contributed by atoms with van der Waals surface area (Å²) in [7, 11) is 0. The van der Waals surface area contributed by atoms with E-state index >= 15 is 0 Å². The Balaban J connectivity index is 1.51. The third-order valence-corrected chi connectivity index (χ3v) is 4.72. The van der Waals surface area contributed by atoms with E-state index in [1.807, 2.05) is 32.9 Å². The van der Waals surface area contributed by atoms with Crippen molar-refractivity contribution in [3.8, 4) is 11.5 Å². The summed E-state index contributed by atoms with van der Waals surface area (Å²) in [4.78, 5) is 26.7. The van der Waals surface area contributed by atoms with Crippen LogP contribution in [-0.4, -0.2) is 55.6 Å². The lowest BCUT2D eigenvalue weighted by atomic mass is 9.94. The number of carbonyl (C=O) groups is 2. The van der Waals surface area contributed by atoms with E-state index in [4.69, 9.17) is 9.47 Å². The van der Waals surface area contributed by atoms with Crippen LogP contribution >= 0.6 is 0 Å². The molecule has 1 saturated heterocycles. The SMILES string of the molecule is CC(C)(C)C(=O)NC1CCCN(CC(=O)Nc2ccc3c(c2)OCCO3)C1. The van der Waals surface area contributed by atoms with Gasteiger partial charge in [-0.25, -0.2) is 0 Å². The standard InChI is InChI=1S/C20H29N3O4/c1-20(2,3)19(25)22-15-5-4-8-23(12-15)13-18(24)21-14-6-7-16-17(11-14)27-10-9-26-16/h6-7,11,15H,4-5,8-10,12-13H2,1-3H3,(H,21,24)(H,22,25). The first-order valence-corrected chi connectivity index (χ1v) is 9.54. The normalized spacial score (nSPS) is 20.0. The number of likely N-dealkylation sites (tertiary alicyclic amines) is 1. The van der Waals surface area contributed by atoms with Gasteiger partial charge in [-0.3, -0.25) is 14.5 Å². The van der Waals surface area contributed by atoms with Gasteiger partial charge in [0.05, 0.1) is 6.54 Å². The minimum Gasteiger partial charge on any atom is -0.486 e. The molecule has 2 amide bonds. The fourth-order valence-electron chi connectivity index (χ4n) is 3.24. The van der Waals surface area contributed by atoms with Crippen LogP contribution in [0.5, 0.6) is 11.5 Å². The first-order chi connectivity index (χ1) is 12.8. The van der Waals surface area contributed by atoms with Gasteiger partial charge in [0.25, 0.3) is 0 Å². The molecule has 0 aliphatic carbocycles. The van der Waals surface area contributed by atoms with Gasteiger partial charge in [-0.05, 0) is 31.5 Å². The minimum absolute atomic E-state index is 0.0510. The molecule has 1 aromatic carbocycles. The number of piperidine rings is 1. The Morgan fingerprint density at radius 2 is 1.93 bits per heavy atom. The van der Waals surface area contributed by atoms with Gasteiger partial charge in [0.1, 0.15) is 13.2 Å². The third-order valence-electron chi connectivity index (χ3n) is 4.72. The molecule has 7 heteroatoms. The monoisotopic (exact) mass is 375 g/mol. The lowest BCUT2D eigenvalue weighted by Crippen LogP contribution is -2.51. The van der Waals surface area contributed by atoms with Gasteiger partial charge in [-0.1, -0.05) is 20.8 Å². The summed E-state index contributed by atoms with van der Waals surface area (Å²) < 4.78 is 11.0. The maximum Gasteiger partial charge on any atom is 0.238 e. The molecule has 148 valence electrons. The Hall–Kier alpha value is -2.28. The smallest absolute Gasteiger partial charge is 0.238 e. The summed E-state index contributed by atoms with van der Waals surface area (Å²) in [5, 5.41) is 6.02.